The van der Waals surface area contributed by atoms with Crippen LogP contribution in [0.15, 0.2) is 4.99 Å². The molecule has 0 aliphatic rings. The van der Waals surface area contributed by atoms with Crippen molar-refractivity contribution in [1.82, 2.24) is 5.43 Å². The molecule has 0 heterocycles. The number of aliphatic imine (C=N–C) groups is 1. The van der Waals surface area contributed by atoms with Gasteiger partial charge in [0.05, 0.1) is 11.5 Å². The fourth-order valence-corrected chi connectivity index (χ4v) is 0.856. The molecule has 3 N–H and O–H groups in total. The van der Waals surface area contributed by atoms with Gasteiger partial charge in [0, 0.05) is 6.92 Å². The number of hydrazine groups is 1. The number of halogens is 2. The van der Waals surface area contributed by atoms with Crippen LogP contribution in [0.2, 0.25) is 0 Å². The Morgan fingerprint density at radius 1 is 1.29 bits per heavy atom. The molecule has 0 aromatic carbocycles. The SMILES string of the molecule is CC(C(=NC(C)(C)C)NN)C(C)(F)F. The number of nitrogens with zero attached hydrogens (tertiary/aromatic N) is 1. The summed E-state index contributed by atoms with van der Waals surface area (Å²) < 4.78 is 25.9. The van der Waals surface area contributed by atoms with Gasteiger partial charge in [-0.05, 0) is 27.7 Å². The summed E-state index contributed by atoms with van der Waals surface area (Å²) in [4.78, 5) is 4.09. The molecule has 14 heavy (non-hydrogen) atoms. The summed E-state index contributed by atoms with van der Waals surface area (Å²) in [5.41, 5.74) is 1.82. The summed E-state index contributed by atoms with van der Waals surface area (Å²) >= 11 is 0. The van der Waals surface area contributed by atoms with Crippen LogP contribution < -0.4 is 11.3 Å². The molecule has 84 valence electrons. The maximum atomic E-state index is 13.0. The Morgan fingerprint density at radius 3 is 1.93 bits per heavy atom. The van der Waals surface area contributed by atoms with Crippen molar-refractivity contribution in [3.8, 4) is 0 Å². The topological polar surface area (TPSA) is 50.4 Å². The standard InChI is InChI=1S/C9H19F2N3/c1-6(9(5,10)11)7(14-12)13-8(2,3)4/h6H,12H2,1-5H3,(H,13,14). The lowest BCUT2D eigenvalue weighted by Gasteiger charge is -2.24. The van der Waals surface area contributed by atoms with E-state index in [-0.39, 0.29) is 5.84 Å². The molecule has 0 saturated carbocycles. The molecule has 0 rings (SSSR count). The minimum Gasteiger partial charge on any atom is -0.312 e. The van der Waals surface area contributed by atoms with Crippen LogP contribution in [0.1, 0.15) is 34.6 Å². The number of hydrogen-bond donors (Lipinski definition) is 2. The van der Waals surface area contributed by atoms with Crippen molar-refractivity contribution in [3.63, 3.8) is 0 Å². The molecule has 0 fully saturated rings. The van der Waals surface area contributed by atoms with Gasteiger partial charge in [0.25, 0.3) is 5.92 Å². The van der Waals surface area contributed by atoms with Gasteiger partial charge in [0.2, 0.25) is 0 Å². The summed E-state index contributed by atoms with van der Waals surface area (Å²) in [5.74, 6) is 1.46. The van der Waals surface area contributed by atoms with Gasteiger partial charge in [-0.1, -0.05) is 0 Å². The molecule has 3 nitrogen and oxygen atoms in total. The number of hydrogen-bond acceptors (Lipinski definition) is 2. The van der Waals surface area contributed by atoms with Crippen molar-refractivity contribution < 1.29 is 8.78 Å². The third kappa shape index (κ3) is 4.50. The average Bonchev–Trinajstić information content (AvgIpc) is 1.95. The minimum atomic E-state index is -2.82. The van der Waals surface area contributed by atoms with E-state index in [9.17, 15) is 8.78 Å². The summed E-state index contributed by atoms with van der Waals surface area (Å²) in [5, 5.41) is 0. The number of nitrogens with one attached hydrogen (secondary N) is 1. The Labute approximate surface area is 83.7 Å². The number of amidine groups is 1. The van der Waals surface area contributed by atoms with Crippen molar-refractivity contribution in [2.24, 2.45) is 16.8 Å². The zero-order valence-corrected chi connectivity index (χ0v) is 9.36. The highest BCUT2D eigenvalue weighted by Crippen LogP contribution is 2.24. The van der Waals surface area contributed by atoms with E-state index in [2.05, 4.69) is 10.4 Å². The maximum Gasteiger partial charge on any atom is 0.254 e. The lowest BCUT2D eigenvalue weighted by Crippen LogP contribution is -2.43. The lowest BCUT2D eigenvalue weighted by molar-refractivity contribution is -0.00838. The van der Waals surface area contributed by atoms with E-state index in [4.69, 9.17) is 5.84 Å². The van der Waals surface area contributed by atoms with Crippen LogP contribution in [0, 0.1) is 5.92 Å². The van der Waals surface area contributed by atoms with Crippen molar-refractivity contribution >= 4 is 5.84 Å². The van der Waals surface area contributed by atoms with Gasteiger partial charge in [0.1, 0.15) is 5.84 Å². The van der Waals surface area contributed by atoms with E-state index in [1.165, 1.54) is 6.92 Å². The molecule has 0 amide bonds. The zero-order valence-electron chi connectivity index (χ0n) is 9.36. The highest BCUT2D eigenvalue weighted by atomic mass is 19.3. The van der Waals surface area contributed by atoms with Crippen LogP contribution in [0.4, 0.5) is 8.78 Å². The molecule has 0 aliphatic carbocycles. The molecular formula is C9H19F2N3. The third-order valence-electron chi connectivity index (χ3n) is 1.77. The minimum absolute atomic E-state index is 0.130. The second kappa shape index (κ2) is 4.21. The van der Waals surface area contributed by atoms with E-state index >= 15 is 0 Å². The van der Waals surface area contributed by atoms with Gasteiger partial charge in [-0.3, -0.25) is 4.99 Å². The van der Waals surface area contributed by atoms with Gasteiger partial charge in [-0.15, -0.1) is 0 Å². The Hall–Kier alpha value is -0.710. The van der Waals surface area contributed by atoms with Crippen molar-refractivity contribution in [1.29, 1.82) is 0 Å². The fraction of sp³-hybridized carbons (Fsp3) is 0.889. The highest BCUT2D eigenvalue weighted by Gasteiger charge is 2.34. The first-order chi connectivity index (χ1) is 6.08. The van der Waals surface area contributed by atoms with E-state index in [1.54, 1.807) is 0 Å². The fourth-order valence-electron chi connectivity index (χ4n) is 0.856. The number of rotatable bonds is 2. The van der Waals surface area contributed by atoms with Gasteiger partial charge < -0.3 is 5.43 Å². The van der Waals surface area contributed by atoms with Crippen molar-refractivity contribution in [2.45, 2.75) is 46.1 Å². The first-order valence-corrected chi connectivity index (χ1v) is 4.52. The molecule has 0 saturated heterocycles. The van der Waals surface area contributed by atoms with E-state index in [1.807, 2.05) is 20.8 Å². The predicted molar refractivity (Wildman–Crippen MR) is 54.3 cm³/mol. The van der Waals surface area contributed by atoms with Crippen LogP contribution in [0.3, 0.4) is 0 Å². The van der Waals surface area contributed by atoms with Crippen LogP contribution in [-0.2, 0) is 0 Å². The van der Waals surface area contributed by atoms with E-state index in [0.29, 0.717) is 0 Å². The molecule has 0 aliphatic heterocycles. The predicted octanol–water partition coefficient (Wildman–Crippen LogP) is 1.94. The van der Waals surface area contributed by atoms with Crippen molar-refractivity contribution in [3.05, 3.63) is 0 Å². The van der Waals surface area contributed by atoms with Crippen LogP contribution in [-0.4, -0.2) is 17.3 Å². The number of nitrogens with two attached hydrogens (primary N) is 1. The Bertz CT molecular complexity index is 213. The van der Waals surface area contributed by atoms with Gasteiger partial charge in [-0.25, -0.2) is 14.6 Å². The molecule has 0 aromatic rings. The first-order valence-electron chi connectivity index (χ1n) is 4.52. The quantitative estimate of drug-likeness (QED) is 0.314. The summed E-state index contributed by atoms with van der Waals surface area (Å²) in [6, 6.07) is 0. The molecule has 0 aromatic heterocycles. The average molecular weight is 207 g/mol. The van der Waals surface area contributed by atoms with Crippen LogP contribution >= 0.6 is 0 Å². The van der Waals surface area contributed by atoms with E-state index in [0.717, 1.165) is 6.92 Å². The monoisotopic (exact) mass is 207 g/mol. The first kappa shape index (κ1) is 13.3. The second-order valence-electron chi connectivity index (χ2n) is 4.49. The molecule has 1 atom stereocenters. The molecule has 0 radical (unpaired) electrons. The highest BCUT2D eigenvalue weighted by molar-refractivity contribution is 5.84. The normalized spacial score (nSPS) is 16.7. The summed E-state index contributed by atoms with van der Waals surface area (Å²) in [7, 11) is 0. The largest absolute Gasteiger partial charge is 0.312 e. The van der Waals surface area contributed by atoms with Gasteiger partial charge >= 0.3 is 0 Å². The Kier molecular flexibility index (Phi) is 4.00. The van der Waals surface area contributed by atoms with Gasteiger partial charge in [0.15, 0.2) is 0 Å². The second-order valence-corrected chi connectivity index (χ2v) is 4.49. The van der Waals surface area contributed by atoms with E-state index < -0.39 is 17.4 Å². The lowest BCUT2D eigenvalue weighted by atomic mass is 10.0. The van der Waals surface area contributed by atoms with Crippen LogP contribution in [0.25, 0.3) is 0 Å². The third-order valence-corrected chi connectivity index (χ3v) is 1.77. The number of alkyl halides is 2. The molecule has 1 unspecified atom stereocenters. The van der Waals surface area contributed by atoms with Gasteiger partial charge in [-0.2, -0.15) is 0 Å². The maximum absolute atomic E-state index is 13.0. The molecular weight excluding hydrogens is 188 g/mol. The smallest absolute Gasteiger partial charge is 0.254 e. The zero-order chi connectivity index (χ0) is 11.6. The summed E-state index contributed by atoms with van der Waals surface area (Å²) in [6.07, 6.45) is 0. The van der Waals surface area contributed by atoms with Crippen LogP contribution in [0.5, 0.6) is 0 Å². The molecule has 5 heteroatoms. The Balaban J connectivity index is 4.83. The Morgan fingerprint density at radius 2 is 1.71 bits per heavy atom. The molecule has 0 spiro atoms. The van der Waals surface area contributed by atoms with Crippen molar-refractivity contribution in [2.75, 3.05) is 0 Å². The molecule has 0 bridgehead atoms. The summed E-state index contributed by atoms with van der Waals surface area (Å²) in [6.45, 7) is 7.72.